The fraction of sp³-hybridized carbons (Fsp3) is 0.357. The van der Waals surface area contributed by atoms with Crippen molar-refractivity contribution in [2.24, 2.45) is 5.92 Å². The summed E-state index contributed by atoms with van der Waals surface area (Å²) in [5.74, 6) is -1.82. The number of rotatable bonds is 6. The molecule has 21 heavy (non-hydrogen) atoms. The second-order valence-corrected chi connectivity index (χ2v) is 4.51. The van der Waals surface area contributed by atoms with Crippen molar-refractivity contribution in [3.63, 3.8) is 0 Å². The van der Waals surface area contributed by atoms with E-state index >= 15 is 0 Å². The predicted molar refractivity (Wildman–Crippen MR) is 74.2 cm³/mol. The maximum atomic E-state index is 13.6. The number of nitriles is 1. The minimum Gasteiger partial charge on any atom is -0.481 e. The molecule has 1 aromatic carbocycles. The van der Waals surface area contributed by atoms with Gasteiger partial charge in [0.1, 0.15) is 5.82 Å². The van der Waals surface area contributed by atoms with Crippen molar-refractivity contribution in [3.05, 3.63) is 29.6 Å². The average molecular weight is 293 g/mol. The van der Waals surface area contributed by atoms with Crippen LogP contribution >= 0.6 is 0 Å². The SMILES string of the molecule is CCC(CNC(=O)Nc1ccc(C#N)cc1F)CC(=O)O. The Balaban J connectivity index is 2.54. The third-order valence-electron chi connectivity index (χ3n) is 2.94. The number of halogens is 1. The van der Waals surface area contributed by atoms with Gasteiger partial charge in [0.2, 0.25) is 0 Å². The van der Waals surface area contributed by atoms with Crippen LogP contribution in [0.1, 0.15) is 25.3 Å². The first kappa shape index (κ1) is 16.4. The van der Waals surface area contributed by atoms with E-state index in [2.05, 4.69) is 10.6 Å². The second-order valence-electron chi connectivity index (χ2n) is 4.51. The van der Waals surface area contributed by atoms with Crippen LogP contribution in [-0.4, -0.2) is 23.7 Å². The van der Waals surface area contributed by atoms with E-state index in [1.54, 1.807) is 6.07 Å². The van der Waals surface area contributed by atoms with E-state index in [0.29, 0.717) is 6.42 Å². The number of amides is 2. The number of carboxylic acid groups (broad SMARTS) is 1. The number of benzene rings is 1. The lowest BCUT2D eigenvalue weighted by atomic mass is 10.0. The van der Waals surface area contributed by atoms with Crippen LogP contribution in [0.2, 0.25) is 0 Å². The van der Waals surface area contributed by atoms with Crippen molar-refractivity contribution in [2.45, 2.75) is 19.8 Å². The van der Waals surface area contributed by atoms with Gasteiger partial charge in [-0.15, -0.1) is 0 Å². The maximum Gasteiger partial charge on any atom is 0.319 e. The number of aliphatic carboxylic acids is 1. The van der Waals surface area contributed by atoms with Gasteiger partial charge in [0, 0.05) is 13.0 Å². The lowest BCUT2D eigenvalue weighted by Gasteiger charge is -2.14. The Hall–Kier alpha value is -2.62. The van der Waals surface area contributed by atoms with Gasteiger partial charge in [-0.25, -0.2) is 9.18 Å². The number of hydrogen-bond acceptors (Lipinski definition) is 3. The topological polar surface area (TPSA) is 102 Å². The highest BCUT2D eigenvalue weighted by Gasteiger charge is 2.13. The molecule has 0 aliphatic heterocycles. The van der Waals surface area contributed by atoms with Gasteiger partial charge in [-0.3, -0.25) is 4.79 Å². The number of carbonyl (C=O) groups is 2. The normalized spacial score (nSPS) is 11.3. The molecule has 0 fully saturated rings. The quantitative estimate of drug-likeness (QED) is 0.749. The highest BCUT2D eigenvalue weighted by Crippen LogP contribution is 2.15. The van der Waals surface area contributed by atoms with E-state index in [4.69, 9.17) is 10.4 Å². The molecule has 1 aromatic rings. The Kier molecular flexibility index (Phi) is 6.14. The summed E-state index contributed by atoms with van der Waals surface area (Å²) in [5.41, 5.74) is 0.115. The third kappa shape index (κ3) is 5.48. The molecule has 0 aromatic heterocycles. The Labute approximate surface area is 121 Å². The van der Waals surface area contributed by atoms with Crippen molar-refractivity contribution in [3.8, 4) is 6.07 Å². The van der Waals surface area contributed by atoms with E-state index in [9.17, 15) is 14.0 Å². The number of anilines is 1. The molecule has 0 spiro atoms. The number of nitrogens with one attached hydrogen (secondary N) is 2. The van der Waals surface area contributed by atoms with E-state index in [1.807, 2.05) is 6.92 Å². The molecule has 1 atom stereocenters. The lowest BCUT2D eigenvalue weighted by molar-refractivity contribution is -0.138. The number of hydrogen-bond donors (Lipinski definition) is 3. The number of nitrogens with zero attached hydrogens (tertiary/aromatic N) is 1. The van der Waals surface area contributed by atoms with Gasteiger partial charge < -0.3 is 15.7 Å². The van der Waals surface area contributed by atoms with E-state index in [-0.39, 0.29) is 30.1 Å². The minimum absolute atomic E-state index is 0.0397. The van der Waals surface area contributed by atoms with E-state index in [1.165, 1.54) is 12.1 Å². The summed E-state index contributed by atoms with van der Waals surface area (Å²) >= 11 is 0. The number of urea groups is 1. The van der Waals surface area contributed by atoms with E-state index < -0.39 is 17.8 Å². The summed E-state index contributed by atoms with van der Waals surface area (Å²) in [6, 6.07) is 4.87. The van der Waals surface area contributed by atoms with Gasteiger partial charge in [0.25, 0.3) is 0 Å². The Bertz CT molecular complexity index is 569. The highest BCUT2D eigenvalue weighted by molar-refractivity contribution is 5.89. The maximum absolute atomic E-state index is 13.6. The van der Waals surface area contributed by atoms with Crippen LogP contribution in [0.3, 0.4) is 0 Å². The van der Waals surface area contributed by atoms with Crippen LogP contribution in [0.25, 0.3) is 0 Å². The molecule has 0 saturated heterocycles. The molecule has 2 amide bonds. The Morgan fingerprint density at radius 3 is 2.71 bits per heavy atom. The van der Waals surface area contributed by atoms with Crippen LogP contribution in [0.5, 0.6) is 0 Å². The second kappa shape index (κ2) is 7.85. The van der Waals surface area contributed by atoms with Crippen molar-refractivity contribution >= 4 is 17.7 Å². The van der Waals surface area contributed by atoms with Gasteiger partial charge in [-0.05, 0) is 24.1 Å². The molecular formula is C14H16FN3O3. The molecule has 0 radical (unpaired) electrons. The zero-order valence-corrected chi connectivity index (χ0v) is 11.5. The van der Waals surface area contributed by atoms with E-state index in [0.717, 1.165) is 6.07 Å². The van der Waals surface area contributed by atoms with Crippen molar-refractivity contribution in [2.75, 3.05) is 11.9 Å². The van der Waals surface area contributed by atoms with Crippen LogP contribution in [0, 0.1) is 23.1 Å². The van der Waals surface area contributed by atoms with Gasteiger partial charge in [0.05, 0.1) is 17.3 Å². The summed E-state index contributed by atoms with van der Waals surface area (Å²) in [6.07, 6.45) is 0.569. The number of carbonyl (C=O) groups excluding carboxylic acids is 1. The zero-order valence-electron chi connectivity index (χ0n) is 11.5. The van der Waals surface area contributed by atoms with Gasteiger partial charge in [-0.1, -0.05) is 13.3 Å². The van der Waals surface area contributed by atoms with Crippen LogP contribution in [0.15, 0.2) is 18.2 Å². The van der Waals surface area contributed by atoms with Crippen LogP contribution in [-0.2, 0) is 4.79 Å². The van der Waals surface area contributed by atoms with Crippen molar-refractivity contribution in [1.82, 2.24) is 5.32 Å². The summed E-state index contributed by atoms with van der Waals surface area (Å²) < 4.78 is 13.6. The molecule has 0 bridgehead atoms. The van der Waals surface area contributed by atoms with Crippen LogP contribution in [0.4, 0.5) is 14.9 Å². The summed E-state index contributed by atoms with van der Waals surface area (Å²) in [4.78, 5) is 22.2. The van der Waals surface area contributed by atoms with Crippen molar-refractivity contribution in [1.29, 1.82) is 5.26 Å². The van der Waals surface area contributed by atoms with Crippen LogP contribution < -0.4 is 10.6 Å². The van der Waals surface area contributed by atoms with Gasteiger partial charge in [0.15, 0.2) is 0 Å². The zero-order chi connectivity index (χ0) is 15.8. The largest absolute Gasteiger partial charge is 0.481 e. The first-order valence-corrected chi connectivity index (χ1v) is 6.42. The Morgan fingerprint density at radius 1 is 1.48 bits per heavy atom. The molecule has 6 nitrogen and oxygen atoms in total. The predicted octanol–water partition coefficient (Wildman–Crippen LogP) is 2.32. The first-order chi connectivity index (χ1) is 9.96. The highest BCUT2D eigenvalue weighted by atomic mass is 19.1. The summed E-state index contributed by atoms with van der Waals surface area (Å²) in [6.45, 7) is 2.01. The monoisotopic (exact) mass is 293 g/mol. The molecule has 112 valence electrons. The fourth-order valence-corrected chi connectivity index (χ4v) is 1.70. The molecule has 0 aliphatic carbocycles. The standard InChI is InChI=1S/C14H16FN3O3/c1-2-9(6-13(19)20)8-17-14(21)18-12-4-3-10(7-16)5-11(12)15/h3-5,9H,2,6,8H2,1H3,(H,19,20)(H2,17,18,21). The molecule has 1 rings (SSSR count). The van der Waals surface area contributed by atoms with Crippen molar-refractivity contribution < 1.29 is 19.1 Å². The van der Waals surface area contributed by atoms with Gasteiger partial charge >= 0.3 is 12.0 Å². The molecule has 0 heterocycles. The molecule has 0 aliphatic rings. The molecule has 7 heteroatoms. The molecular weight excluding hydrogens is 277 g/mol. The Morgan fingerprint density at radius 2 is 2.19 bits per heavy atom. The van der Waals surface area contributed by atoms with Gasteiger partial charge in [-0.2, -0.15) is 5.26 Å². The fourth-order valence-electron chi connectivity index (χ4n) is 1.70. The number of carboxylic acids is 1. The smallest absolute Gasteiger partial charge is 0.319 e. The minimum atomic E-state index is -0.929. The average Bonchev–Trinajstić information content (AvgIpc) is 2.45. The third-order valence-corrected chi connectivity index (χ3v) is 2.94. The first-order valence-electron chi connectivity index (χ1n) is 6.42. The molecule has 0 saturated carbocycles. The molecule has 3 N–H and O–H groups in total. The molecule has 1 unspecified atom stereocenters. The summed E-state index contributed by atoms with van der Waals surface area (Å²) in [5, 5.41) is 22.1. The summed E-state index contributed by atoms with van der Waals surface area (Å²) in [7, 11) is 0. The lowest BCUT2D eigenvalue weighted by Crippen LogP contribution is -2.33.